The fraction of sp³-hybridized carbons (Fsp3) is 0.618. The Morgan fingerprint density at radius 3 is 2.42 bits per heavy atom. The third-order valence-corrected chi connectivity index (χ3v) is 9.36. The van der Waals surface area contributed by atoms with Crippen molar-refractivity contribution in [3.05, 3.63) is 36.0 Å². The number of rotatable bonds is 12. The van der Waals surface area contributed by atoms with Crippen LogP contribution in [-0.4, -0.2) is 76.9 Å². The molecule has 2 fully saturated rings. The molecule has 2 saturated heterocycles. The van der Waals surface area contributed by atoms with Gasteiger partial charge in [0.15, 0.2) is 0 Å². The number of hydrogen-bond donors (Lipinski definition) is 3. The fourth-order valence-electron chi connectivity index (χ4n) is 6.38. The number of piperidine rings is 1. The molecule has 2 aromatic rings. The largest absolute Gasteiger partial charge is 0.417 e. The molecule has 11 heteroatoms. The molecule has 1 aromatic heterocycles. The Balaban J connectivity index is 1.66. The van der Waals surface area contributed by atoms with Crippen LogP contribution in [0.15, 0.2) is 30.5 Å². The number of benzene rings is 1. The minimum absolute atomic E-state index is 0.155. The molecule has 11 nitrogen and oxygen atoms in total. The van der Waals surface area contributed by atoms with Crippen molar-refractivity contribution in [2.24, 2.45) is 5.92 Å². The number of aromatic nitrogens is 1. The highest BCUT2D eigenvalue weighted by Crippen LogP contribution is 2.24. The van der Waals surface area contributed by atoms with Crippen molar-refractivity contribution in [2.75, 3.05) is 13.7 Å². The quantitative estimate of drug-likeness (QED) is 0.311. The molecule has 246 valence electrons. The van der Waals surface area contributed by atoms with E-state index in [-0.39, 0.29) is 29.9 Å². The van der Waals surface area contributed by atoms with Gasteiger partial charge < -0.3 is 25.7 Å². The smallest absolute Gasteiger partial charge is 0.246 e. The van der Waals surface area contributed by atoms with E-state index in [0.29, 0.717) is 51.5 Å². The van der Waals surface area contributed by atoms with Gasteiger partial charge in [-0.15, -0.1) is 0 Å². The van der Waals surface area contributed by atoms with Gasteiger partial charge in [0.2, 0.25) is 23.6 Å². The molecular formula is C34H49N5O6. The van der Waals surface area contributed by atoms with Crippen molar-refractivity contribution in [1.29, 1.82) is 0 Å². The van der Waals surface area contributed by atoms with Crippen LogP contribution in [0, 0.1) is 5.92 Å². The lowest BCUT2D eigenvalue weighted by atomic mass is 9.93. The predicted molar refractivity (Wildman–Crippen MR) is 171 cm³/mol. The van der Waals surface area contributed by atoms with Crippen molar-refractivity contribution >= 4 is 40.3 Å². The first-order valence-corrected chi connectivity index (χ1v) is 16.5. The van der Waals surface area contributed by atoms with Crippen molar-refractivity contribution in [3.8, 4) is 0 Å². The van der Waals surface area contributed by atoms with Gasteiger partial charge in [0.05, 0.1) is 5.52 Å². The molecule has 4 amide bonds. The van der Waals surface area contributed by atoms with E-state index in [1.54, 1.807) is 22.9 Å². The van der Waals surface area contributed by atoms with Crippen LogP contribution >= 0.6 is 0 Å². The molecular weight excluding hydrogens is 574 g/mol. The number of carbonyl (C=O) groups excluding carboxylic acids is 5. The van der Waals surface area contributed by atoms with E-state index in [9.17, 15) is 24.0 Å². The van der Waals surface area contributed by atoms with E-state index in [1.165, 1.54) is 0 Å². The highest BCUT2D eigenvalue weighted by molar-refractivity contribution is 5.98. The first kappa shape index (κ1) is 34.0. The van der Waals surface area contributed by atoms with E-state index in [4.69, 9.17) is 4.84 Å². The van der Waals surface area contributed by atoms with Gasteiger partial charge in [-0.1, -0.05) is 58.2 Å². The second-order valence-corrected chi connectivity index (χ2v) is 12.4. The number of carbonyl (C=O) groups is 5. The molecule has 4 rings (SSSR count). The summed E-state index contributed by atoms with van der Waals surface area (Å²) < 4.78 is 1.62. The lowest BCUT2D eigenvalue weighted by Crippen LogP contribution is -2.64. The van der Waals surface area contributed by atoms with Crippen molar-refractivity contribution < 1.29 is 28.8 Å². The van der Waals surface area contributed by atoms with Gasteiger partial charge in [-0.05, 0) is 49.7 Å². The van der Waals surface area contributed by atoms with Crippen LogP contribution in [0.1, 0.15) is 90.5 Å². The second-order valence-electron chi connectivity index (χ2n) is 12.4. The van der Waals surface area contributed by atoms with Gasteiger partial charge >= 0.3 is 0 Å². The van der Waals surface area contributed by atoms with E-state index in [2.05, 4.69) is 16.0 Å². The number of ketones is 1. The molecule has 0 bridgehead atoms. The van der Waals surface area contributed by atoms with Gasteiger partial charge in [0, 0.05) is 37.4 Å². The van der Waals surface area contributed by atoms with Crippen LogP contribution in [0.5, 0.6) is 0 Å². The summed E-state index contributed by atoms with van der Waals surface area (Å²) in [6.07, 6.45) is 8.07. The molecule has 0 aliphatic carbocycles. The topological polar surface area (TPSA) is 139 Å². The van der Waals surface area contributed by atoms with Crippen LogP contribution in [0.3, 0.4) is 0 Å². The van der Waals surface area contributed by atoms with Gasteiger partial charge in [-0.2, -0.15) is 4.73 Å². The molecule has 0 spiro atoms. The normalized spacial score (nSPS) is 23.7. The summed E-state index contributed by atoms with van der Waals surface area (Å²) in [7, 11) is 1.56. The van der Waals surface area contributed by atoms with Gasteiger partial charge in [-0.3, -0.25) is 24.0 Å². The fourth-order valence-corrected chi connectivity index (χ4v) is 6.38. The zero-order chi connectivity index (χ0) is 32.5. The molecule has 5 atom stereocenters. The number of fused-ring (bicyclic) bond motifs is 2. The molecule has 45 heavy (non-hydrogen) atoms. The van der Waals surface area contributed by atoms with Gasteiger partial charge in [-0.25, -0.2) is 0 Å². The minimum atomic E-state index is -1.01. The van der Waals surface area contributed by atoms with Crippen molar-refractivity contribution in [1.82, 2.24) is 25.6 Å². The van der Waals surface area contributed by atoms with Crippen molar-refractivity contribution in [2.45, 2.75) is 116 Å². The molecule has 1 aromatic carbocycles. The standard InChI is InChI=1S/C34H49N5O6/c1-5-22(3)30-34(44)38-19-13-12-18-29(38)33(43)35-26(16-9-7-8-14-24(40)6-2)31(41)36-27(32(42)37-30)20-23-21-39(45-4)28-17-11-10-15-25(23)28/h10-11,15,17,21-22,26-27,29-30H,5-9,12-14,16,18-20H2,1-4H3,(H,35,43)(H,36,41)(H,37,42)/t22-,26+,27-,29+,30-/m0/s1. The third kappa shape index (κ3) is 8.23. The minimum Gasteiger partial charge on any atom is -0.417 e. The number of nitrogens with zero attached hydrogens (tertiary/aromatic N) is 2. The molecule has 0 saturated carbocycles. The molecule has 2 aliphatic rings. The van der Waals surface area contributed by atoms with Crippen LogP contribution in [0.4, 0.5) is 0 Å². The van der Waals surface area contributed by atoms with E-state index in [1.807, 2.05) is 45.0 Å². The number of nitrogens with one attached hydrogen (secondary N) is 3. The number of Topliss-reactive ketones (excluding diaryl/α,β-unsaturated/α-hetero) is 1. The molecule has 2 aliphatic heterocycles. The summed E-state index contributed by atoms with van der Waals surface area (Å²) >= 11 is 0. The summed E-state index contributed by atoms with van der Waals surface area (Å²) in [6, 6.07) is 4.20. The zero-order valence-corrected chi connectivity index (χ0v) is 27.1. The Hall–Kier alpha value is -3.89. The molecule has 3 heterocycles. The van der Waals surface area contributed by atoms with Crippen LogP contribution in [0.25, 0.3) is 10.9 Å². The first-order chi connectivity index (χ1) is 21.7. The Bertz CT molecular complexity index is 1370. The number of para-hydroxylation sites is 1. The van der Waals surface area contributed by atoms with E-state index >= 15 is 0 Å². The van der Waals surface area contributed by atoms with Crippen LogP contribution < -0.4 is 20.8 Å². The average Bonchev–Trinajstić information content (AvgIpc) is 3.41. The van der Waals surface area contributed by atoms with E-state index < -0.39 is 36.0 Å². The Morgan fingerprint density at radius 2 is 1.69 bits per heavy atom. The average molecular weight is 624 g/mol. The number of amides is 4. The number of hydrogen-bond acceptors (Lipinski definition) is 6. The first-order valence-electron chi connectivity index (χ1n) is 16.5. The second kappa shape index (κ2) is 15.9. The van der Waals surface area contributed by atoms with E-state index in [0.717, 1.165) is 35.7 Å². The van der Waals surface area contributed by atoms with Crippen molar-refractivity contribution in [3.63, 3.8) is 0 Å². The maximum atomic E-state index is 14.0. The van der Waals surface area contributed by atoms with Gasteiger partial charge in [0.25, 0.3) is 0 Å². The lowest BCUT2D eigenvalue weighted by molar-refractivity contribution is -0.147. The highest BCUT2D eigenvalue weighted by Gasteiger charge is 2.40. The Morgan fingerprint density at radius 1 is 0.956 bits per heavy atom. The van der Waals surface area contributed by atoms with Crippen LogP contribution in [-0.2, 0) is 30.4 Å². The Labute approximate surface area is 265 Å². The SMILES string of the molecule is CCC(=O)CCCCC[C@H]1NC(=O)[C@H]2CCCCN2C(=O)[C@H]([C@@H](C)CC)NC(=O)[C@H](Cc2cn(OC)c3ccccc23)NC1=O. The summed E-state index contributed by atoms with van der Waals surface area (Å²) in [6.45, 7) is 6.14. The molecule has 3 N–H and O–H groups in total. The molecule has 0 radical (unpaired) electrons. The summed E-state index contributed by atoms with van der Waals surface area (Å²) in [5.74, 6) is -1.50. The summed E-state index contributed by atoms with van der Waals surface area (Å²) in [5.41, 5.74) is 1.62. The summed E-state index contributed by atoms with van der Waals surface area (Å²) in [4.78, 5) is 74.5. The zero-order valence-electron chi connectivity index (χ0n) is 27.1. The predicted octanol–water partition coefficient (Wildman–Crippen LogP) is 3.07. The maximum absolute atomic E-state index is 14.0. The monoisotopic (exact) mass is 623 g/mol. The maximum Gasteiger partial charge on any atom is 0.246 e. The third-order valence-electron chi connectivity index (χ3n) is 9.36. The summed E-state index contributed by atoms with van der Waals surface area (Å²) in [5, 5.41) is 9.75. The number of unbranched alkanes of at least 4 members (excludes halogenated alkanes) is 2. The van der Waals surface area contributed by atoms with Crippen LogP contribution in [0.2, 0.25) is 0 Å². The highest BCUT2D eigenvalue weighted by atomic mass is 16.6. The lowest BCUT2D eigenvalue weighted by Gasteiger charge is -2.39. The Kier molecular flexibility index (Phi) is 12.0. The molecule has 0 unspecified atom stereocenters. The van der Waals surface area contributed by atoms with Gasteiger partial charge in [0.1, 0.15) is 37.1 Å².